The Hall–Kier alpha value is -2.36. The van der Waals surface area contributed by atoms with Gasteiger partial charge in [0.25, 0.3) is 0 Å². The molecule has 2 unspecified atom stereocenters. The molecular formula is C21H22O4. The Labute approximate surface area is 147 Å². The Bertz CT molecular complexity index is 810. The first-order valence-corrected chi connectivity index (χ1v) is 8.97. The van der Waals surface area contributed by atoms with Crippen LogP contribution >= 0.6 is 0 Å². The zero-order valence-corrected chi connectivity index (χ0v) is 14.4. The van der Waals surface area contributed by atoms with Crippen LogP contribution in [0.5, 0.6) is 11.5 Å². The zero-order valence-electron chi connectivity index (χ0n) is 14.4. The van der Waals surface area contributed by atoms with Gasteiger partial charge in [0.05, 0.1) is 13.0 Å². The van der Waals surface area contributed by atoms with Crippen LogP contribution in [0.25, 0.3) is 10.8 Å². The number of methoxy groups -OCH3 is 1. The highest BCUT2D eigenvalue weighted by Gasteiger charge is 2.41. The normalized spacial score (nSPS) is 25.6. The molecule has 2 aromatic carbocycles. The summed E-state index contributed by atoms with van der Waals surface area (Å²) in [4.78, 5) is 24.8. The molecule has 130 valence electrons. The van der Waals surface area contributed by atoms with Gasteiger partial charge < -0.3 is 9.47 Å². The van der Waals surface area contributed by atoms with Crippen LogP contribution in [0, 0.1) is 17.8 Å². The third kappa shape index (κ3) is 3.13. The van der Waals surface area contributed by atoms with Crippen LogP contribution in [-0.4, -0.2) is 18.9 Å². The van der Waals surface area contributed by atoms with Gasteiger partial charge in [0.2, 0.25) is 0 Å². The van der Waals surface area contributed by atoms with E-state index in [-0.39, 0.29) is 23.7 Å². The smallest absolute Gasteiger partial charge is 0.314 e. The molecule has 2 saturated carbocycles. The van der Waals surface area contributed by atoms with E-state index in [2.05, 4.69) is 0 Å². The van der Waals surface area contributed by atoms with E-state index in [9.17, 15) is 9.59 Å². The van der Waals surface area contributed by atoms with Crippen LogP contribution in [0.1, 0.15) is 32.1 Å². The fourth-order valence-electron chi connectivity index (χ4n) is 4.26. The van der Waals surface area contributed by atoms with E-state index in [0.717, 1.165) is 35.8 Å². The predicted molar refractivity (Wildman–Crippen MR) is 94.7 cm³/mol. The van der Waals surface area contributed by atoms with Crippen molar-refractivity contribution in [2.45, 2.75) is 32.1 Å². The second-order valence-corrected chi connectivity index (χ2v) is 7.19. The number of esters is 1. The lowest BCUT2D eigenvalue weighted by molar-refractivity contribution is -0.145. The number of hydrogen-bond acceptors (Lipinski definition) is 4. The van der Waals surface area contributed by atoms with Crippen molar-refractivity contribution in [2.75, 3.05) is 7.11 Å². The summed E-state index contributed by atoms with van der Waals surface area (Å²) in [5.74, 6) is 1.45. The van der Waals surface area contributed by atoms with E-state index in [0.29, 0.717) is 24.4 Å². The molecule has 0 spiro atoms. The Kier molecular flexibility index (Phi) is 4.20. The van der Waals surface area contributed by atoms with Gasteiger partial charge in [-0.3, -0.25) is 9.59 Å². The van der Waals surface area contributed by atoms with Crippen LogP contribution in [0.2, 0.25) is 0 Å². The predicted octanol–water partition coefficient (Wildman–Crippen LogP) is 4.15. The van der Waals surface area contributed by atoms with Gasteiger partial charge in [-0.15, -0.1) is 0 Å². The third-order valence-corrected chi connectivity index (χ3v) is 5.62. The maximum atomic E-state index is 12.6. The fourth-order valence-corrected chi connectivity index (χ4v) is 4.26. The quantitative estimate of drug-likeness (QED) is 0.623. The zero-order chi connectivity index (χ0) is 17.4. The van der Waals surface area contributed by atoms with Gasteiger partial charge in [0.1, 0.15) is 17.3 Å². The molecule has 4 heteroatoms. The van der Waals surface area contributed by atoms with Crippen LogP contribution < -0.4 is 9.47 Å². The molecule has 2 atom stereocenters. The summed E-state index contributed by atoms with van der Waals surface area (Å²) in [7, 11) is 1.63. The number of benzene rings is 2. The highest BCUT2D eigenvalue weighted by atomic mass is 16.5. The molecular weight excluding hydrogens is 316 g/mol. The molecule has 25 heavy (non-hydrogen) atoms. The maximum absolute atomic E-state index is 12.6. The minimum atomic E-state index is -0.202. The topological polar surface area (TPSA) is 52.6 Å². The summed E-state index contributed by atoms with van der Waals surface area (Å²) in [5.41, 5.74) is 0. The molecule has 0 heterocycles. The first kappa shape index (κ1) is 16.1. The summed E-state index contributed by atoms with van der Waals surface area (Å²) in [6.45, 7) is 0. The molecule has 0 aliphatic heterocycles. The van der Waals surface area contributed by atoms with Gasteiger partial charge in [-0.1, -0.05) is 18.6 Å². The molecule has 0 radical (unpaired) electrons. The van der Waals surface area contributed by atoms with Crippen molar-refractivity contribution in [1.82, 2.24) is 0 Å². The lowest BCUT2D eigenvalue weighted by atomic mass is 9.67. The highest BCUT2D eigenvalue weighted by Crippen LogP contribution is 2.40. The van der Waals surface area contributed by atoms with Gasteiger partial charge in [-0.05, 0) is 60.7 Å². The van der Waals surface area contributed by atoms with Gasteiger partial charge in [0.15, 0.2) is 0 Å². The number of fused-ring (bicyclic) bond motifs is 3. The summed E-state index contributed by atoms with van der Waals surface area (Å²) >= 11 is 0. The first-order chi connectivity index (χ1) is 12.1. The van der Waals surface area contributed by atoms with E-state index in [1.54, 1.807) is 7.11 Å². The van der Waals surface area contributed by atoms with E-state index in [1.807, 2.05) is 36.4 Å². The van der Waals surface area contributed by atoms with E-state index in [1.165, 1.54) is 0 Å². The second-order valence-electron chi connectivity index (χ2n) is 7.19. The van der Waals surface area contributed by atoms with Gasteiger partial charge in [0, 0.05) is 11.8 Å². The van der Waals surface area contributed by atoms with Gasteiger partial charge in [-0.2, -0.15) is 0 Å². The standard InChI is InChI=1S/C21H22O4/c1-24-18-7-5-13-6-8-19(12-16(13)11-18)25-21(23)17-9-14-3-2-4-15(10-17)20(14)22/h5-8,11-12,14-15,17H,2-4,9-10H2,1H3. The highest BCUT2D eigenvalue weighted by molar-refractivity contribution is 5.88. The third-order valence-electron chi connectivity index (χ3n) is 5.62. The van der Waals surface area contributed by atoms with E-state index in [4.69, 9.17) is 9.47 Å². The Balaban J connectivity index is 1.50. The molecule has 2 aliphatic carbocycles. The minimum Gasteiger partial charge on any atom is -0.497 e. The summed E-state index contributed by atoms with van der Waals surface area (Å²) in [6, 6.07) is 11.4. The molecule has 2 fully saturated rings. The number of carbonyl (C=O) groups is 2. The number of ether oxygens (including phenoxy) is 2. The van der Waals surface area contributed by atoms with Crippen LogP contribution in [0.15, 0.2) is 36.4 Å². The fraction of sp³-hybridized carbons (Fsp3) is 0.429. The van der Waals surface area contributed by atoms with Crippen molar-refractivity contribution in [3.63, 3.8) is 0 Å². The lowest BCUT2D eigenvalue weighted by Crippen LogP contribution is -2.40. The van der Waals surface area contributed by atoms with Gasteiger partial charge >= 0.3 is 5.97 Å². The van der Waals surface area contributed by atoms with Crippen LogP contribution in [0.3, 0.4) is 0 Å². The van der Waals surface area contributed by atoms with Gasteiger partial charge in [-0.25, -0.2) is 0 Å². The minimum absolute atomic E-state index is 0.0610. The van der Waals surface area contributed by atoms with Crippen molar-refractivity contribution in [3.05, 3.63) is 36.4 Å². The average Bonchev–Trinajstić information content (AvgIpc) is 2.60. The van der Waals surface area contributed by atoms with Crippen LogP contribution in [0.4, 0.5) is 0 Å². The van der Waals surface area contributed by atoms with Crippen molar-refractivity contribution in [1.29, 1.82) is 0 Å². The molecule has 4 nitrogen and oxygen atoms in total. The molecule has 0 aromatic heterocycles. The van der Waals surface area contributed by atoms with Crippen molar-refractivity contribution < 1.29 is 19.1 Å². The SMILES string of the molecule is COc1ccc2ccc(OC(=O)C3CC4CCCC(C3)C4=O)cc2c1. The van der Waals surface area contributed by atoms with Crippen molar-refractivity contribution >= 4 is 22.5 Å². The number of hydrogen-bond donors (Lipinski definition) is 0. The Morgan fingerprint density at radius 3 is 2.28 bits per heavy atom. The summed E-state index contributed by atoms with van der Waals surface area (Å²) in [6.07, 6.45) is 4.25. The van der Waals surface area contributed by atoms with Crippen LogP contribution in [-0.2, 0) is 9.59 Å². The average molecular weight is 338 g/mol. The van der Waals surface area contributed by atoms with E-state index < -0.39 is 0 Å². The summed E-state index contributed by atoms with van der Waals surface area (Å²) in [5, 5.41) is 2.04. The van der Waals surface area contributed by atoms with E-state index >= 15 is 0 Å². The van der Waals surface area contributed by atoms with Crippen molar-refractivity contribution in [2.24, 2.45) is 17.8 Å². The largest absolute Gasteiger partial charge is 0.497 e. The molecule has 2 bridgehead atoms. The van der Waals surface area contributed by atoms with Crippen molar-refractivity contribution in [3.8, 4) is 11.5 Å². The number of ketones is 1. The lowest BCUT2D eigenvalue weighted by Gasteiger charge is -2.36. The Morgan fingerprint density at radius 2 is 1.60 bits per heavy atom. The maximum Gasteiger partial charge on any atom is 0.314 e. The Morgan fingerprint density at radius 1 is 0.960 bits per heavy atom. The number of Topliss-reactive ketones (excluding diaryl/α,β-unsaturated/α-hetero) is 1. The molecule has 2 aromatic rings. The molecule has 0 amide bonds. The second kappa shape index (κ2) is 6.51. The number of rotatable bonds is 3. The molecule has 2 aliphatic rings. The number of carbonyl (C=O) groups excluding carboxylic acids is 2. The summed E-state index contributed by atoms with van der Waals surface area (Å²) < 4.78 is 10.9. The molecule has 0 N–H and O–H groups in total. The first-order valence-electron chi connectivity index (χ1n) is 8.97. The molecule has 4 rings (SSSR count). The monoisotopic (exact) mass is 338 g/mol. The molecule has 0 saturated heterocycles.